The monoisotopic (exact) mass is 291 g/mol. The number of rotatable bonds is 10. The van der Waals surface area contributed by atoms with Gasteiger partial charge >= 0.3 is 0 Å². The van der Waals surface area contributed by atoms with Crippen LogP contribution in [0.4, 0.5) is 0 Å². The number of alkyl halides is 1. The van der Waals surface area contributed by atoms with Crippen LogP contribution in [0.5, 0.6) is 0 Å². The lowest BCUT2D eigenvalue weighted by Crippen LogP contribution is -2.32. The lowest BCUT2D eigenvalue weighted by atomic mass is 10.2. The maximum atomic E-state index is 11.9. The molecule has 0 saturated carbocycles. The number of halogens is 1. The van der Waals surface area contributed by atoms with E-state index in [0.717, 1.165) is 63.4 Å². The molecular formula is C13H26BrNO. The van der Waals surface area contributed by atoms with Gasteiger partial charge in [0, 0.05) is 24.8 Å². The van der Waals surface area contributed by atoms with E-state index < -0.39 is 0 Å². The smallest absolute Gasteiger partial charge is 0.222 e. The zero-order valence-corrected chi connectivity index (χ0v) is 12.4. The van der Waals surface area contributed by atoms with Crippen molar-refractivity contribution in [2.45, 2.75) is 58.8 Å². The van der Waals surface area contributed by atoms with Gasteiger partial charge in [-0.2, -0.15) is 0 Å². The Morgan fingerprint density at radius 2 is 1.56 bits per heavy atom. The highest BCUT2D eigenvalue weighted by Crippen LogP contribution is 2.06. The van der Waals surface area contributed by atoms with E-state index in [-0.39, 0.29) is 0 Å². The topological polar surface area (TPSA) is 20.3 Å². The van der Waals surface area contributed by atoms with Crippen LogP contribution in [-0.2, 0) is 4.79 Å². The van der Waals surface area contributed by atoms with Gasteiger partial charge in [0.1, 0.15) is 0 Å². The van der Waals surface area contributed by atoms with Gasteiger partial charge in [-0.25, -0.2) is 0 Å². The van der Waals surface area contributed by atoms with Crippen molar-refractivity contribution >= 4 is 21.8 Å². The first-order valence-electron chi connectivity index (χ1n) is 6.60. The van der Waals surface area contributed by atoms with Gasteiger partial charge in [-0.3, -0.25) is 4.79 Å². The molecule has 0 radical (unpaired) electrons. The van der Waals surface area contributed by atoms with Gasteiger partial charge in [-0.15, -0.1) is 0 Å². The van der Waals surface area contributed by atoms with Gasteiger partial charge in [0.05, 0.1) is 0 Å². The molecule has 0 aliphatic heterocycles. The van der Waals surface area contributed by atoms with E-state index in [2.05, 4.69) is 34.7 Å². The van der Waals surface area contributed by atoms with Crippen LogP contribution in [0.3, 0.4) is 0 Å². The Morgan fingerprint density at radius 3 is 2.00 bits per heavy atom. The molecule has 2 nitrogen and oxygen atoms in total. The van der Waals surface area contributed by atoms with Gasteiger partial charge in [-0.1, -0.05) is 42.6 Å². The predicted octanol–water partition coefficient (Wildman–Crippen LogP) is 3.98. The van der Waals surface area contributed by atoms with Gasteiger partial charge in [-0.05, 0) is 25.7 Å². The van der Waals surface area contributed by atoms with Crippen LogP contribution in [0.25, 0.3) is 0 Å². The third-order valence-corrected chi connectivity index (χ3v) is 3.25. The van der Waals surface area contributed by atoms with Gasteiger partial charge < -0.3 is 4.90 Å². The summed E-state index contributed by atoms with van der Waals surface area (Å²) in [6, 6.07) is 0. The average Bonchev–Trinajstić information content (AvgIpc) is 2.29. The summed E-state index contributed by atoms with van der Waals surface area (Å²) in [6.45, 7) is 6.24. The Labute approximate surface area is 109 Å². The summed E-state index contributed by atoms with van der Waals surface area (Å²) in [5.74, 6) is 0.350. The lowest BCUT2D eigenvalue weighted by Gasteiger charge is -2.22. The first kappa shape index (κ1) is 16.0. The van der Waals surface area contributed by atoms with E-state index >= 15 is 0 Å². The van der Waals surface area contributed by atoms with Gasteiger partial charge in [0.2, 0.25) is 5.91 Å². The Balaban J connectivity index is 3.88. The number of carbonyl (C=O) groups excluding carboxylic acids is 1. The average molecular weight is 292 g/mol. The quantitative estimate of drug-likeness (QED) is 0.440. The zero-order valence-electron chi connectivity index (χ0n) is 10.8. The molecule has 0 N–H and O–H groups in total. The Morgan fingerprint density at radius 1 is 1.00 bits per heavy atom. The van der Waals surface area contributed by atoms with E-state index in [4.69, 9.17) is 0 Å². The molecule has 1 amide bonds. The largest absolute Gasteiger partial charge is 0.343 e. The molecular weight excluding hydrogens is 266 g/mol. The molecule has 0 unspecified atom stereocenters. The molecule has 0 aromatic heterocycles. The van der Waals surface area contributed by atoms with Gasteiger partial charge in [0.25, 0.3) is 0 Å². The summed E-state index contributed by atoms with van der Waals surface area (Å²) in [4.78, 5) is 14.0. The summed E-state index contributed by atoms with van der Waals surface area (Å²) < 4.78 is 0. The third-order valence-electron chi connectivity index (χ3n) is 2.69. The molecule has 0 bridgehead atoms. The fraction of sp³-hybridized carbons (Fsp3) is 0.923. The Kier molecular flexibility index (Phi) is 11.4. The highest BCUT2D eigenvalue weighted by atomic mass is 79.9. The standard InChI is InChI=1S/C13H26BrNO/c1-3-5-11-15(12-6-4-2)13(16)9-7-8-10-14/h3-12H2,1-2H3. The maximum Gasteiger partial charge on any atom is 0.222 e. The van der Waals surface area contributed by atoms with Crippen LogP contribution in [0.15, 0.2) is 0 Å². The number of hydrogen-bond acceptors (Lipinski definition) is 1. The number of carbonyl (C=O) groups is 1. The van der Waals surface area contributed by atoms with E-state index in [1.54, 1.807) is 0 Å². The fourth-order valence-corrected chi connectivity index (χ4v) is 1.98. The molecule has 0 saturated heterocycles. The SMILES string of the molecule is CCCCN(CCCC)C(=O)CCCCBr. The number of nitrogens with zero attached hydrogens (tertiary/aromatic N) is 1. The molecule has 96 valence electrons. The second kappa shape index (κ2) is 11.4. The maximum absolute atomic E-state index is 11.9. The molecule has 0 aliphatic rings. The van der Waals surface area contributed by atoms with Crippen LogP contribution >= 0.6 is 15.9 Å². The number of amides is 1. The van der Waals surface area contributed by atoms with Crippen LogP contribution in [-0.4, -0.2) is 29.2 Å². The van der Waals surface area contributed by atoms with Crippen molar-refractivity contribution in [3.8, 4) is 0 Å². The molecule has 0 aromatic rings. The van der Waals surface area contributed by atoms with Crippen molar-refractivity contribution < 1.29 is 4.79 Å². The van der Waals surface area contributed by atoms with Crippen LogP contribution in [0, 0.1) is 0 Å². The predicted molar refractivity (Wildman–Crippen MR) is 74.0 cm³/mol. The van der Waals surface area contributed by atoms with Crippen molar-refractivity contribution in [1.29, 1.82) is 0 Å². The van der Waals surface area contributed by atoms with Crippen LogP contribution in [0.1, 0.15) is 58.8 Å². The lowest BCUT2D eigenvalue weighted by molar-refractivity contribution is -0.131. The summed E-state index contributed by atoms with van der Waals surface area (Å²) in [5.41, 5.74) is 0. The Bertz CT molecular complexity index is 165. The molecule has 0 rings (SSSR count). The summed E-state index contributed by atoms with van der Waals surface area (Å²) in [5, 5.41) is 1.00. The number of unbranched alkanes of at least 4 members (excludes halogenated alkanes) is 3. The van der Waals surface area contributed by atoms with E-state index in [9.17, 15) is 4.79 Å². The normalized spacial score (nSPS) is 10.4. The van der Waals surface area contributed by atoms with Crippen molar-refractivity contribution in [3.05, 3.63) is 0 Å². The minimum atomic E-state index is 0.350. The fourth-order valence-electron chi connectivity index (χ4n) is 1.59. The van der Waals surface area contributed by atoms with Crippen LogP contribution in [0.2, 0.25) is 0 Å². The highest BCUT2D eigenvalue weighted by Gasteiger charge is 2.11. The zero-order chi connectivity index (χ0) is 12.2. The molecule has 0 aliphatic carbocycles. The summed E-state index contributed by atoms with van der Waals surface area (Å²) >= 11 is 3.40. The third kappa shape index (κ3) is 8.14. The number of hydrogen-bond donors (Lipinski definition) is 0. The minimum Gasteiger partial charge on any atom is -0.343 e. The van der Waals surface area contributed by atoms with E-state index in [1.807, 2.05) is 0 Å². The molecule has 0 aromatic carbocycles. The highest BCUT2D eigenvalue weighted by molar-refractivity contribution is 9.09. The van der Waals surface area contributed by atoms with Crippen molar-refractivity contribution in [1.82, 2.24) is 4.90 Å². The Hall–Kier alpha value is -0.0500. The van der Waals surface area contributed by atoms with E-state index in [0.29, 0.717) is 5.91 Å². The molecule has 0 fully saturated rings. The summed E-state index contributed by atoms with van der Waals surface area (Å²) in [7, 11) is 0. The minimum absolute atomic E-state index is 0.350. The molecule has 0 spiro atoms. The van der Waals surface area contributed by atoms with E-state index in [1.165, 1.54) is 0 Å². The molecule has 0 atom stereocenters. The van der Waals surface area contributed by atoms with Crippen molar-refractivity contribution in [3.63, 3.8) is 0 Å². The molecule has 3 heteroatoms. The first-order valence-corrected chi connectivity index (χ1v) is 7.72. The molecule has 16 heavy (non-hydrogen) atoms. The molecule has 0 heterocycles. The second-order valence-electron chi connectivity index (χ2n) is 4.23. The second-order valence-corrected chi connectivity index (χ2v) is 5.03. The first-order chi connectivity index (χ1) is 7.76. The van der Waals surface area contributed by atoms with Crippen molar-refractivity contribution in [2.24, 2.45) is 0 Å². The van der Waals surface area contributed by atoms with Crippen molar-refractivity contribution in [2.75, 3.05) is 18.4 Å². The van der Waals surface area contributed by atoms with Crippen LogP contribution < -0.4 is 0 Å². The van der Waals surface area contributed by atoms with Gasteiger partial charge in [0.15, 0.2) is 0 Å². The summed E-state index contributed by atoms with van der Waals surface area (Å²) in [6.07, 6.45) is 7.43.